The third-order valence-corrected chi connectivity index (χ3v) is 3.01. The largest absolute Gasteiger partial charge is 0.387 e. The predicted octanol–water partition coefficient (Wildman–Crippen LogP) is 1.30. The fourth-order valence-electron chi connectivity index (χ4n) is 1.96. The van der Waals surface area contributed by atoms with Crippen LogP contribution in [-0.4, -0.2) is 68.5 Å². The first-order chi connectivity index (χ1) is 7.97. The molecule has 4 nitrogen and oxygen atoms in total. The quantitative estimate of drug-likeness (QED) is 0.569. The van der Waals surface area contributed by atoms with Crippen LogP contribution in [0, 0.1) is 11.3 Å². The van der Waals surface area contributed by atoms with Crippen LogP contribution in [0.1, 0.15) is 25.7 Å². The molecule has 0 heterocycles. The lowest BCUT2D eigenvalue weighted by Crippen LogP contribution is -2.24. The Hall–Kier alpha value is -0.450. The maximum Gasteiger partial charge on any atom is 0.0912 e. The van der Waals surface area contributed by atoms with Crippen LogP contribution < -0.4 is 0 Å². The fourth-order valence-corrected chi connectivity index (χ4v) is 1.96. The summed E-state index contributed by atoms with van der Waals surface area (Å²) in [6.45, 7) is 2.10. The maximum absolute atomic E-state index is 9.78. The van der Waals surface area contributed by atoms with Gasteiger partial charge >= 0.3 is 0 Å². The molecule has 0 fully saturated rings. The second-order valence-electron chi connectivity index (χ2n) is 5.31. The van der Waals surface area contributed by atoms with Crippen LogP contribution in [0.4, 0.5) is 0 Å². The minimum Gasteiger partial charge on any atom is -0.387 e. The van der Waals surface area contributed by atoms with E-state index in [1.165, 1.54) is 6.21 Å². The summed E-state index contributed by atoms with van der Waals surface area (Å²) in [7, 11) is 8.25. The molecular formula is C13H29N3O. The number of hydrogen-bond donors (Lipinski definition) is 2. The molecule has 1 unspecified atom stereocenters. The Labute approximate surface area is 106 Å². The molecule has 17 heavy (non-hydrogen) atoms. The fraction of sp³-hybridized carbons (Fsp3) is 0.923. The highest BCUT2D eigenvalue weighted by Crippen LogP contribution is 2.17. The van der Waals surface area contributed by atoms with E-state index in [2.05, 4.69) is 38.0 Å². The van der Waals surface area contributed by atoms with Gasteiger partial charge in [0, 0.05) is 6.21 Å². The Balaban J connectivity index is 3.92. The molecule has 102 valence electrons. The summed E-state index contributed by atoms with van der Waals surface area (Å²) < 4.78 is 0. The lowest BCUT2D eigenvalue weighted by atomic mass is 9.92. The third kappa shape index (κ3) is 9.27. The number of aliphatic hydroxyl groups excluding tert-OH is 1. The van der Waals surface area contributed by atoms with Crippen molar-refractivity contribution in [3.05, 3.63) is 0 Å². The molecule has 0 radical (unpaired) electrons. The summed E-state index contributed by atoms with van der Waals surface area (Å²) >= 11 is 0. The highest BCUT2D eigenvalue weighted by molar-refractivity contribution is 5.59. The Morgan fingerprint density at radius 3 is 1.71 bits per heavy atom. The smallest absolute Gasteiger partial charge is 0.0912 e. The molecule has 0 amide bonds. The van der Waals surface area contributed by atoms with E-state index in [-0.39, 0.29) is 5.92 Å². The summed E-state index contributed by atoms with van der Waals surface area (Å²) in [4.78, 5) is 4.32. The topological polar surface area (TPSA) is 50.6 Å². The van der Waals surface area contributed by atoms with Gasteiger partial charge in [-0.1, -0.05) is 0 Å². The van der Waals surface area contributed by atoms with Gasteiger partial charge in [0.15, 0.2) is 0 Å². The van der Waals surface area contributed by atoms with Crippen molar-refractivity contribution in [2.75, 3.05) is 41.3 Å². The van der Waals surface area contributed by atoms with E-state index in [4.69, 9.17) is 5.41 Å². The second-order valence-corrected chi connectivity index (χ2v) is 5.31. The van der Waals surface area contributed by atoms with Crippen molar-refractivity contribution in [2.45, 2.75) is 31.8 Å². The van der Waals surface area contributed by atoms with Gasteiger partial charge in [0.25, 0.3) is 0 Å². The van der Waals surface area contributed by atoms with Crippen molar-refractivity contribution in [3.8, 4) is 0 Å². The number of aliphatic hydroxyl groups is 1. The predicted molar refractivity (Wildman–Crippen MR) is 73.9 cm³/mol. The number of nitrogens with zero attached hydrogens (tertiary/aromatic N) is 2. The Bertz CT molecular complexity index is 181. The summed E-state index contributed by atoms with van der Waals surface area (Å²) in [5, 5.41) is 17.0. The highest BCUT2D eigenvalue weighted by Gasteiger charge is 2.16. The van der Waals surface area contributed by atoms with Crippen molar-refractivity contribution in [1.82, 2.24) is 9.80 Å². The van der Waals surface area contributed by atoms with Crippen LogP contribution in [0.15, 0.2) is 0 Å². The van der Waals surface area contributed by atoms with Gasteiger partial charge in [0.1, 0.15) is 0 Å². The maximum atomic E-state index is 9.78. The van der Waals surface area contributed by atoms with Crippen molar-refractivity contribution >= 4 is 6.21 Å². The van der Waals surface area contributed by atoms with E-state index in [1.807, 2.05) is 0 Å². The lowest BCUT2D eigenvalue weighted by molar-refractivity contribution is 0.152. The van der Waals surface area contributed by atoms with Crippen LogP contribution in [0.5, 0.6) is 0 Å². The van der Waals surface area contributed by atoms with Gasteiger partial charge < -0.3 is 20.3 Å². The monoisotopic (exact) mass is 243 g/mol. The zero-order chi connectivity index (χ0) is 13.3. The van der Waals surface area contributed by atoms with Crippen LogP contribution >= 0.6 is 0 Å². The number of hydrogen-bond acceptors (Lipinski definition) is 4. The molecule has 0 aliphatic heterocycles. The Morgan fingerprint density at radius 1 is 1.00 bits per heavy atom. The normalized spacial score (nSPS) is 13.6. The molecule has 0 aromatic heterocycles. The first-order valence-electron chi connectivity index (χ1n) is 6.45. The molecule has 0 aromatic rings. The first-order valence-corrected chi connectivity index (χ1v) is 6.45. The molecule has 0 rings (SSSR count). The summed E-state index contributed by atoms with van der Waals surface area (Å²) in [5.41, 5.74) is 0. The molecule has 4 heteroatoms. The molecule has 0 saturated carbocycles. The Kier molecular flexibility index (Phi) is 9.31. The van der Waals surface area contributed by atoms with Gasteiger partial charge in [0.05, 0.1) is 6.10 Å². The van der Waals surface area contributed by atoms with E-state index < -0.39 is 6.10 Å². The first kappa shape index (κ1) is 16.6. The minimum atomic E-state index is -0.570. The molecule has 2 N–H and O–H groups in total. The molecule has 0 spiro atoms. The summed E-state index contributed by atoms with van der Waals surface area (Å²) in [6, 6.07) is 0. The van der Waals surface area contributed by atoms with Gasteiger partial charge in [-0.15, -0.1) is 0 Å². The van der Waals surface area contributed by atoms with E-state index in [9.17, 15) is 5.11 Å². The minimum absolute atomic E-state index is 0.243. The van der Waals surface area contributed by atoms with Gasteiger partial charge in [-0.25, -0.2) is 0 Å². The van der Waals surface area contributed by atoms with Gasteiger partial charge in [-0.3, -0.25) is 0 Å². The molecule has 0 aromatic carbocycles. The third-order valence-electron chi connectivity index (χ3n) is 3.01. The van der Waals surface area contributed by atoms with E-state index in [0.717, 1.165) is 38.8 Å². The lowest BCUT2D eigenvalue weighted by Gasteiger charge is -2.21. The van der Waals surface area contributed by atoms with Crippen molar-refractivity contribution in [3.63, 3.8) is 0 Å². The molecule has 0 bridgehead atoms. The van der Waals surface area contributed by atoms with Crippen LogP contribution in [0.2, 0.25) is 0 Å². The van der Waals surface area contributed by atoms with Gasteiger partial charge in [-0.05, 0) is 72.9 Å². The number of rotatable bonds is 10. The van der Waals surface area contributed by atoms with Crippen molar-refractivity contribution in [2.24, 2.45) is 5.92 Å². The van der Waals surface area contributed by atoms with Crippen LogP contribution in [0.3, 0.4) is 0 Å². The number of nitrogens with one attached hydrogen (secondary N) is 1. The van der Waals surface area contributed by atoms with E-state index >= 15 is 0 Å². The van der Waals surface area contributed by atoms with Gasteiger partial charge in [-0.2, -0.15) is 0 Å². The second kappa shape index (κ2) is 9.57. The highest BCUT2D eigenvalue weighted by atomic mass is 16.3. The van der Waals surface area contributed by atoms with Crippen LogP contribution in [-0.2, 0) is 0 Å². The van der Waals surface area contributed by atoms with E-state index in [0.29, 0.717) is 0 Å². The summed E-state index contributed by atoms with van der Waals surface area (Å²) in [5.74, 6) is 0.243. The van der Waals surface area contributed by atoms with Crippen LogP contribution in [0.25, 0.3) is 0 Å². The zero-order valence-corrected chi connectivity index (χ0v) is 11.8. The summed E-state index contributed by atoms with van der Waals surface area (Å²) in [6.07, 6.45) is 4.79. The molecular weight excluding hydrogens is 214 g/mol. The zero-order valence-electron chi connectivity index (χ0n) is 11.8. The van der Waals surface area contributed by atoms with Crippen molar-refractivity contribution < 1.29 is 5.11 Å². The molecule has 0 saturated heterocycles. The molecule has 0 aliphatic rings. The Morgan fingerprint density at radius 2 is 1.41 bits per heavy atom. The molecule has 0 aliphatic carbocycles. The average Bonchev–Trinajstić information content (AvgIpc) is 2.25. The standard InChI is InChI=1S/C13H29N3O/c1-15(2)9-5-7-12(13(17)11-14)8-6-10-16(3)4/h11-14,17H,5-10H2,1-4H3. The SMILES string of the molecule is CN(C)CCCC(CCCN(C)C)C(O)C=N. The molecule has 1 atom stereocenters. The van der Waals surface area contributed by atoms with Crippen molar-refractivity contribution in [1.29, 1.82) is 5.41 Å². The van der Waals surface area contributed by atoms with Gasteiger partial charge in [0.2, 0.25) is 0 Å². The average molecular weight is 243 g/mol. The van der Waals surface area contributed by atoms with E-state index in [1.54, 1.807) is 0 Å².